The Bertz CT molecular complexity index is 309. The third-order valence-electron chi connectivity index (χ3n) is 3.97. The summed E-state index contributed by atoms with van der Waals surface area (Å²) in [5.74, 6) is -1.06. The maximum Gasteiger partial charge on any atom is 0.330 e. The average molecular weight is 328 g/mol. The van der Waals surface area contributed by atoms with Gasteiger partial charge in [-0.25, -0.2) is 4.79 Å². The van der Waals surface area contributed by atoms with E-state index in [0.717, 1.165) is 32.1 Å². The van der Waals surface area contributed by atoms with Crippen molar-refractivity contribution in [1.29, 1.82) is 0 Å². The average Bonchev–Trinajstić information content (AvgIpc) is 2.53. The monoisotopic (exact) mass is 328 g/mol. The molecule has 0 aliphatic carbocycles. The summed E-state index contributed by atoms with van der Waals surface area (Å²) in [5.41, 5.74) is 11.1. The molecule has 136 valence electrons. The van der Waals surface area contributed by atoms with Crippen molar-refractivity contribution in [2.45, 2.75) is 96.4 Å². The summed E-state index contributed by atoms with van der Waals surface area (Å²) in [7, 11) is 0. The molecule has 0 aromatic heterocycles. The van der Waals surface area contributed by atoms with E-state index in [4.69, 9.17) is 16.2 Å². The van der Waals surface area contributed by atoms with Gasteiger partial charge in [-0.3, -0.25) is 4.79 Å². The zero-order valence-corrected chi connectivity index (χ0v) is 14.9. The molecule has 0 aliphatic rings. The van der Waals surface area contributed by atoms with Crippen LogP contribution in [0.3, 0.4) is 0 Å². The van der Waals surface area contributed by atoms with Gasteiger partial charge < -0.3 is 16.2 Å². The van der Waals surface area contributed by atoms with E-state index >= 15 is 0 Å². The Balaban J connectivity index is 3.50. The van der Waals surface area contributed by atoms with Crippen molar-refractivity contribution in [3.63, 3.8) is 0 Å². The zero-order chi connectivity index (χ0) is 17.3. The first kappa shape index (κ1) is 22.1. The molecular formula is C18H36N2O3. The zero-order valence-electron chi connectivity index (χ0n) is 14.9. The molecule has 0 aliphatic heterocycles. The number of carbonyl (C=O) groups excluding carboxylic acids is 2. The predicted molar refractivity (Wildman–Crippen MR) is 93.8 cm³/mol. The van der Waals surface area contributed by atoms with Crippen LogP contribution in [-0.4, -0.2) is 24.5 Å². The number of carbonyl (C=O) groups is 2. The minimum Gasteiger partial charge on any atom is -0.392 e. The van der Waals surface area contributed by atoms with E-state index in [1.165, 1.54) is 38.5 Å². The molecule has 0 amide bonds. The van der Waals surface area contributed by atoms with Crippen molar-refractivity contribution in [3.8, 4) is 0 Å². The summed E-state index contributed by atoms with van der Waals surface area (Å²) in [4.78, 5) is 23.2. The Hall–Kier alpha value is -0.940. The molecule has 0 bridgehead atoms. The molecular weight excluding hydrogens is 292 g/mol. The van der Waals surface area contributed by atoms with Crippen LogP contribution in [0.25, 0.3) is 0 Å². The molecule has 0 heterocycles. The van der Waals surface area contributed by atoms with Crippen molar-refractivity contribution >= 4 is 11.9 Å². The number of rotatable bonds is 15. The summed E-state index contributed by atoms with van der Waals surface area (Å²) >= 11 is 0. The van der Waals surface area contributed by atoms with E-state index in [1.807, 2.05) is 0 Å². The number of unbranched alkanes of at least 4 members (excludes halogenated alkanes) is 9. The highest BCUT2D eigenvalue weighted by atomic mass is 16.6. The molecule has 5 heteroatoms. The van der Waals surface area contributed by atoms with Crippen LogP contribution in [0.15, 0.2) is 0 Å². The van der Waals surface area contributed by atoms with Crippen LogP contribution in [0.1, 0.15) is 90.4 Å². The fraction of sp³-hybridized carbons (Fsp3) is 0.889. The molecule has 4 N–H and O–H groups in total. The van der Waals surface area contributed by atoms with Gasteiger partial charge in [0.1, 0.15) is 6.04 Å². The summed E-state index contributed by atoms with van der Waals surface area (Å²) in [6.45, 7) is 2.80. The van der Waals surface area contributed by atoms with E-state index in [1.54, 1.807) is 0 Å². The number of ether oxygens (including phenoxy) is 1. The summed E-state index contributed by atoms with van der Waals surface area (Å²) in [6.07, 6.45) is 13.1. The van der Waals surface area contributed by atoms with Crippen LogP contribution in [-0.2, 0) is 14.3 Å². The lowest BCUT2D eigenvalue weighted by molar-refractivity contribution is -0.160. The Morgan fingerprint density at radius 1 is 0.870 bits per heavy atom. The van der Waals surface area contributed by atoms with Gasteiger partial charge in [0.05, 0.1) is 0 Å². The molecule has 0 aromatic carbocycles. The highest BCUT2D eigenvalue weighted by Gasteiger charge is 2.18. The summed E-state index contributed by atoms with van der Waals surface area (Å²) in [6, 6.07) is -0.714. The molecule has 0 unspecified atom stereocenters. The lowest BCUT2D eigenvalue weighted by atomic mass is 10.1. The third-order valence-corrected chi connectivity index (χ3v) is 3.97. The fourth-order valence-electron chi connectivity index (χ4n) is 2.45. The van der Waals surface area contributed by atoms with Gasteiger partial charge in [-0.1, -0.05) is 64.7 Å². The Labute approximate surface area is 141 Å². The second-order valence-corrected chi connectivity index (χ2v) is 6.26. The molecule has 0 saturated carbocycles. The van der Waals surface area contributed by atoms with E-state index in [9.17, 15) is 9.59 Å². The molecule has 0 saturated heterocycles. The van der Waals surface area contributed by atoms with Gasteiger partial charge in [-0.05, 0) is 25.8 Å². The lowest BCUT2D eigenvalue weighted by Crippen LogP contribution is -2.33. The second-order valence-electron chi connectivity index (χ2n) is 6.26. The topological polar surface area (TPSA) is 95.4 Å². The van der Waals surface area contributed by atoms with Gasteiger partial charge in [0.25, 0.3) is 0 Å². The minimum atomic E-state index is -0.714. The maximum atomic E-state index is 11.6. The quantitative estimate of drug-likeness (QED) is 0.273. The van der Waals surface area contributed by atoms with Gasteiger partial charge in [-0.2, -0.15) is 0 Å². The van der Waals surface area contributed by atoms with Gasteiger partial charge in [-0.15, -0.1) is 0 Å². The number of hydrogen-bond acceptors (Lipinski definition) is 5. The van der Waals surface area contributed by atoms with E-state index in [0.29, 0.717) is 19.4 Å². The van der Waals surface area contributed by atoms with Crippen molar-refractivity contribution in [2.24, 2.45) is 11.5 Å². The first-order chi connectivity index (χ1) is 11.1. The maximum absolute atomic E-state index is 11.6. The molecule has 0 rings (SSSR count). The van der Waals surface area contributed by atoms with Crippen molar-refractivity contribution in [2.75, 3.05) is 6.54 Å². The molecule has 0 radical (unpaired) electrons. The molecule has 0 fully saturated rings. The normalized spacial score (nSPS) is 12.1. The number of esters is 2. The summed E-state index contributed by atoms with van der Waals surface area (Å²) < 4.78 is 4.78. The summed E-state index contributed by atoms with van der Waals surface area (Å²) in [5, 5.41) is 0. The molecule has 0 aromatic rings. The van der Waals surface area contributed by atoms with Crippen molar-refractivity contribution < 1.29 is 14.3 Å². The van der Waals surface area contributed by atoms with Crippen LogP contribution in [0.4, 0.5) is 0 Å². The highest BCUT2D eigenvalue weighted by Crippen LogP contribution is 2.11. The van der Waals surface area contributed by atoms with E-state index in [2.05, 4.69) is 6.92 Å². The van der Waals surface area contributed by atoms with Crippen molar-refractivity contribution in [3.05, 3.63) is 0 Å². The third kappa shape index (κ3) is 14.4. The van der Waals surface area contributed by atoms with Gasteiger partial charge in [0, 0.05) is 6.42 Å². The van der Waals surface area contributed by atoms with Crippen LogP contribution < -0.4 is 11.5 Å². The first-order valence-electron chi connectivity index (χ1n) is 9.32. The van der Waals surface area contributed by atoms with Crippen molar-refractivity contribution in [1.82, 2.24) is 0 Å². The Morgan fingerprint density at radius 3 is 2.00 bits per heavy atom. The van der Waals surface area contributed by atoms with E-state index < -0.39 is 18.0 Å². The first-order valence-corrected chi connectivity index (χ1v) is 9.32. The standard InChI is InChI=1S/C18H36N2O3/c1-2-3-4-5-6-7-8-9-10-14-17(21)23-18(22)16(20)13-11-12-15-19/h16H,2-15,19-20H2,1H3/t16-/m0/s1. The van der Waals surface area contributed by atoms with Gasteiger partial charge in [0.15, 0.2) is 0 Å². The minimum absolute atomic E-state index is 0.303. The number of nitrogens with two attached hydrogens (primary N) is 2. The molecule has 0 spiro atoms. The largest absolute Gasteiger partial charge is 0.392 e. The van der Waals surface area contributed by atoms with Crippen LogP contribution in [0, 0.1) is 0 Å². The smallest absolute Gasteiger partial charge is 0.330 e. The Morgan fingerprint density at radius 2 is 1.43 bits per heavy atom. The van der Waals surface area contributed by atoms with Crippen LogP contribution in [0.2, 0.25) is 0 Å². The van der Waals surface area contributed by atoms with Crippen LogP contribution >= 0.6 is 0 Å². The fourth-order valence-corrected chi connectivity index (χ4v) is 2.45. The van der Waals surface area contributed by atoms with Gasteiger partial charge in [0.2, 0.25) is 0 Å². The second kappa shape index (κ2) is 15.9. The number of hydrogen-bond donors (Lipinski definition) is 2. The highest BCUT2D eigenvalue weighted by molar-refractivity contribution is 5.88. The lowest BCUT2D eigenvalue weighted by Gasteiger charge is -2.09. The SMILES string of the molecule is CCCCCCCCCCCC(=O)OC(=O)[C@@H](N)CCCCN. The Kier molecular flexibility index (Phi) is 15.3. The van der Waals surface area contributed by atoms with Crippen LogP contribution in [0.5, 0.6) is 0 Å². The molecule has 23 heavy (non-hydrogen) atoms. The van der Waals surface area contributed by atoms with Gasteiger partial charge >= 0.3 is 11.9 Å². The predicted octanol–water partition coefficient (Wildman–Crippen LogP) is 3.43. The molecule has 1 atom stereocenters. The van der Waals surface area contributed by atoms with E-state index in [-0.39, 0.29) is 0 Å². The molecule has 5 nitrogen and oxygen atoms in total.